The second-order valence-corrected chi connectivity index (χ2v) is 6.17. The first kappa shape index (κ1) is 13.6. The fraction of sp³-hybridized carbons (Fsp3) is 0.588. The molecule has 4 atom stereocenters. The van der Waals surface area contributed by atoms with Crippen LogP contribution < -0.4 is 5.32 Å². The van der Waals surface area contributed by atoms with E-state index in [4.69, 9.17) is 5.26 Å². The van der Waals surface area contributed by atoms with E-state index < -0.39 is 0 Å². The van der Waals surface area contributed by atoms with Crippen LogP contribution in [0.3, 0.4) is 0 Å². The zero-order chi connectivity index (χ0) is 14.1. The van der Waals surface area contributed by atoms with Crippen LogP contribution in [-0.2, 0) is 0 Å². The molecule has 1 N–H and O–H groups in total. The lowest BCUT2D eigenvalue weighted by atomic mass is 9.92. The fourth-order valence-electron chi connectivity index (χ4n) is 4.10. The van der Waals surface area contributed by atoms with E-state index in [-0.39, 0.29) is 0 Å². The number of nitrogens with zero attached hydrogens (tertiary/aromatic N) is 2. The lowest BCUT2D eigenvalue weighted by molar-refractivity contribution is 0.165. The summed E-state index contributed by atoms with van der Waals surface area (Å²) in [6.45, 7) is 8.12. The van der Waals surface area contributed by atoms with Gasteiger partial charge in [0.05, 0.1) is 11.6 Å². The minimum atomic E-state index is 0.402. The van der Waals surface area contributed by atoms with Crippen LogP contribution in [0.15, 0.2) is 24.3 Å². The molecular weight excluding hydrogens is 246 g/mol. The minimum absolute atomic E-state index is 0.402. The van der Waals surface area contributed by atoms with Crippen molar-refractivity contribution in [3.8, 4) is 6.07 Å². The van der Waals surface area contributed by atoms with E-state index in [9.17, 15) is 0 Å². The van der Waals surface area contributed by atoms with Crippen LogP contribution in [0.25, 0.3) is 0 Å². The van der Waals surface area contributed by atoms with Gasteiger partial charge in [-0.1, -0.05) is 19.1 Å². The first-order valence-corrected chi connectivity index (χ1v) is 7.71. The summed E-state index contributed by atoms with van der Waals surface area (Å²) in [5, 5.41) is 12.6. The molecule has 0 aromatic heterocycles. The van der Waals surface area contributed by atoms with Crippen LogP contribution in [0.1, 0.15) is 37.4 Å². The molecule has 3 heteroatoms. The molecule has 2 aliphatic heterocycles. The second kappa shape index (κ2) is 5.55. The molecule has 3 rings (SSSR count). The van der Waals surface area contributed by atoms with Gasteiger partial charge < -0.3 is 5.32 Å². The molecule has 106 valence electrons. The molecule has 3 nitrogen and oxygen atoms in total. The van der Waals surface area contributed by atoms with Gasteiger partial charge in [-0.3, -0.25) is 4.90 Å². The molecule has 1 aromatic carbocycles. The first-order chi connectivity index (χ1) is 9.74. The highest BCUT2D eigenvalue weighted by molar-refractivity contribution is 5.34. The Balaban J connectivity index is 1.83. The van der Waals surface area contributed by atoms with Crippen molar-refractivity contribution in [2.75, 3.05) is 19.6 Å². The van der Waals surface area contributed by atoms with E-state index in [2.05, 4.69) is 36.2 Å². The molecule has 1 aromatic rings. The number of benzene rings is 1. The van der Waals surface area contributed by atoms with Gasteiger partial charge in [0.15, 0.2) is 0 Å². The molecule has 0 bridgehead atoms. The Morgan fingerprint density at radius 2 is 2.30 bits per heavy atom. The summed E-state index contributed by atoms with van der Waals surface area (Å²) in [6, 6.07) is 11.4. The maximum Gasteiger partial charge on any atom is 0.0991 e. The average Bonchev–Trinajstić information content (AvgIpc) is 3.06. The zero-order valence-corrected chi connectivity index (χ0v) is 12.3. The van der Waals surface area contributed by atoms with Crippen LogP contribution in [-0.4, -0.2) is 30.6 Å². The summed E-state index contributed by atoms with van der Waals surface area (Å²) in [5.41, 5.74) is 2.04. The van der Waals surface area contributed by atoms with Crippen LogP contribution in [0.4, 0.5) is 0 Å². The summed E-state index contributed by atoms with van der Waals surface area (Å²) < 4.78 is 0. The molecule has 2 saturated heterocycles. The molecule has 2 fully saturated rings. The largest absolute Gasteiger partial charge is 0.316 e. The number of nitriles is 1. The van der Waals surface area contributed by atoms with Crippen molar-refractivity contribution in [1.29, 1.82) is 5.26 Å². The molecular formula is C17H23N3. The van der Waals surface area contributed by atoms with Crippen LogP contribution in [0.5, 0.6) is 0 Å². The number of hydrogen-bond donors (Lipinski definition) is 1. The lowest BCUT2D eigenvalue weighted by Gasteiger charge is -2.32. The highest BCUT2D eigenvalue weighted by atomic mass is 15.2. The number of fused-ring (bicyclic) bond motifs is 1. The fourth-order valence-corrected chi connectivity index (χ4v) is 4.10. The zero-order valence-electron chi connectivity index (χ0n) is 12.3. The minimum Gasteiger partial charge on any atom is -0.316 e. The third-order valence-electron chi connectivity index (χ3n) is 5.17. The standard InChI is InChI=1S/C17H23N3/c1-3-17-16-10-19-9-15(16)11-20(17)12(2)14-6-4-5-13(7-14)8-18/h4-7,12,15-17,19H,3,9-11H2,1-2H3. The highest BCUT2D eigenvalue weighted by Crippen LogP contribution is 2.39. The van der Waals surface area contributed by atoms with Crippen molar-refractivity contribution < 1.29 is 0 Å². The smallest absolute Gasteiger partial charge is 0.0991 e. The topological polar surface area (TPSA) is 39.1 Å². The number of rotatable bonds is 3. The monoisotopic (exact) mass is 269 g/mol. The van der Waals surface area contributed by atoms with Gasteiger partial charge >= 0.3 is 0 Å². The number of nitrogens with one attached hydrogen (secondary N) is 1. The normalized spacial score (nSPS) is 30.9. The van der Waals surface area contributed by atoms with Gasteiger partial charge in [-0.2, -0.15) is 5.26 Å². The summed E-state index contributed by atoms with van der Waals surface area (Å²) in [4.78, 5) is 2.66. The van der Waals surface area contributed by atoms with E-state index >= 15 is 0 Å². The summed E-state index contributed by atoms with van der Waals surface area (Å²) in [6.07, 6.45) is 1.21. The maximum atomic E-state index is 9.07. The Labute approximate surface area is 121 Å². The van der Waals surface area contributed by atoms with Crippen molar-refractivity contribution in [2.45, 2.75) is 32.4 Å². The van der Waals surface area contributed by atoms with Crippen molar-refractivity contribution in [3.63, 3.8) is 0 Å². The molecule has 2 heterocycles. The molecule has 4 unspecified atom stereocenters. The predicted octanol–water partition coefficient (Wildman–Crippen LogP) is 2.55. The highest BCUT2D eigenvalue weighted by Gasteiger charge is 2.44. The van der Waals surface area contributed by atoms with Crippen LogP contribution in [0, 0.1) is 23.2 Å². The molecule has 20 heavy (non-hydrogen) atoms. The molecule has 2 aliphatic rings. The molecule has 0 radical (unpaired) electrons. The molecule has 0 saturated carbocycles. The van der Waals surface area contributed by atoms with Gasteiger partial charge in [0, 0.05) is 18.6 Å². The van der Waals surface area contributed by atoms with E-state index in [1.165, 1.54) is 31.6 Å². The summed E-state index contributed by atoms with van der Waals surface area (Å²) in [5.74, 6) is 1.61. The van der Waals surface area contributed by atoms with Crippen molar-refractivity contribution in [1.82, 2.24) is 10.2 Å². The van der Waals surface area contributed by atoms with E-state index in [1.54, 1.807) is 0 Å². The van der Waals surface area contributed by atoms with Gasteiger partial charge in [0.25, 0.3) is 0 Å². The Morgan fingerprint density at radius 1 is 1.45 bits per heavy atom. The quantitative estimate of drug-likeness (QED) is 0.916. The van der Waals surface area contributed by atoms with Gasteiger partial charge in [0.2, 0.25) is 0 Å². The summed E-state index contributed by atoms with van der Waals surface area (Å²) in [7, 11) is 0. The Bertz CT molecular complexity index is 519. The molecule has 0 aliphatic carbocycles. The first-order valence-electron chi connectivity index (χ1n) is 7.71. The SMILES string of the molecule is CCC1C2CNCC2CN1C(C)c1cccc(C#N)c1. The van der Waals surface area contributed by atoms with Crippen LogP contribution >= 0.6 is 0 Å². The molecule has 0 spiro atoms. The third-order valence-corrected chi connectivity index (χ3v) is 5.17. The Kier molecular flexibility index (Phi) is 3.78. The Hall–Kier alpha value is -1.37. The number of hydrogen-bond acceptors (Lipinski definition) is 3. The van der Waals surface area contributed by atoms with E-state index in [1.807, 2.05) is 18.2 Å². The second-order valence-electron chi connectivity index (χ2n) is 6.17. The number of likely N-dealkylation sites (tertiary alicyclic amines) is 1. The van der Waals surface area contributed by atoms with Gasteiger partial charge in [0.1, 0.15) is 0 Å². The van der Waals surface area contributed by atoms with E-state index in [0.29, 0.717) is 12.1 Å². The average molecular weight is 269 g/mol. The molecule has 0 amide bonds. The van der Waals surface area contributed by atoms with Gasteiger partial charge in [-0.15, -0.1) is 0 Å². The van der Waals surface area contributed by atoms with Gasteiger partial charge in [-0.25, -0.2) is 0 Å². The maximum absolute atomic E-state index is 9.07. The van der Waals surface area contributed by atoms with Crippen LogP contribution in [0.2, 0.25) is 0 Å². The Morgan fingerprint density at radius 3 is 3.05 bits per heavy atom. The van der Waals surface area contributed by atoms with Crippen molar-refractivity contribution in [2.24, 2.45) is 11.8 Å². The van der Waals surface area contributed by atoms with Crippen molar-refractivity contribution >= 4 is 0 Å². The summed E-state index contributed by atoms with van der Waals surface area (Å²) >= 11 is 0. The predicted molar refractivity (Wildman–Crippen MR) is 80.2 cm³/mol. The van der Waals surface area contributed by atoms with E-state index in [0.717, 1.165) is 17.4 Å². The van der Waals surface area contributed by atoms with Gasteiger partial charge in [-0.05, 0) is 56.0 Å². The third kappa shape index (κ3) is 2.24. The van der Waals surface area contributed by atoms with Crippen molar-refractivity contribution in [3.05, 3.63) is 35.4 Å². The lowest BCUT2D eigenvalue weighted by Crippen LogP contribution is -2.36.